The lowest BCUT2D eigenvalue weighted by molar-refractivity contribution is -0.384. The normalized spacial score (nSPS) is 14.2. The van der Waals surface area contributed by atoms with Crippen LogP contribution in [-0.2, 0) is 16.2 Å². The molecule has 3 aromatic carbocycles. The molecule has 0 unspecified atom stereocenters. The molecule has 0 spiro atoms. The molecule has 1 N–H and O–H groups in total. The van der Waals surface area contributed by atoms with E-state index >= 15 is 0 Å². The van der Waals surface area contributed by atoms with Crippen LogP contribution in [0.5, 0.6) is 5.75 Å². The number of hydrogen-bond acceptors (Lipinski definition) is 7. The average molecular weight is 603 g/mol. The largest absolute Gasteiger partial charge is 0.488 e. The first-order valence-corrected chi connectivity index (χ1v) is 12.7. The smallest absolute Gasteiger partial charge is 0.294 e. The highest BCUT2D eigenvalue weighted by molar-refractivity contribution is 9.10. The van der Waals surface area contributed by atoms with E-state index in [-0.39, 0.29) is 17.2 Å². The van der Waals surface area contributed by atoms with Crippen molar-refractivity contribution in [2.24, 2.45) is 0 Å². The van der Waals surface area contributed by atoms with Crippen molar-refractivity contribution in [3.05, 3.63) is 102 Å². The molecular weight excluding hydrogens is 586 g/mol. The molecule has 1 fully saturated rings. The third kappa shape index (κ3) is 6.56. The van der Waals surface area contributed by atoms with Crippen LogP contribution in [0, 0.1) is 10.1 Å². The second-order valence-electron chi connectivity index (χ2n) is 7.69. The Morgan fingerprint density at radius 1 is 1.14 bits per heavy atom. The Bertz CT molecular complexity index is 1450. The minimum atomic E-state index is -0.617. The molecule has 37 heavy (non-hydrogen) atoms. The molecule has 188 valence electrons. The Hall–Kier alpha value is -3.67. The number of para-hydroxylation sites is 1. The highest BCUT2D eigenvalue weighted by atomic mass is 79.9. The number of non-ortho nitro benzene ring substituents is 1. The molecule has 12 heteroatoms. The van der Waals surface area contributed by atoms with Gasteiger partial charge in [-0.25, -0.2) is 0 Å². The fourth-order valence-electron chi connectivity index (χ4n) is 3.36. The van der Waals surface area contributed by atoms with Crippen LogP contribution in [0.15, 0.2) is 76.1 Å². The van der Waals surface area contributed by atoms with Gasteiger partial charge in [-0.2, -0.15) is 0 Å². The van der Waals surface area contributed by atoms with E-state index in [2.05, 4.69) is 21.2 Å². The fourth-order valence-corrected chi connectivity index (χ4v) is 4.75. The summed E-state index contributed by atoms with van der Waals surface area (Å²) in [7, 11) is 0. The Morgan fingerprint density at radius 3 is 2.68 bits per heavy atom. The SMILES string of the molecule is O=C(CN1C(=O)S/C(=C/c2cc(Br)ccc2OCc2cccc([N+](=O)[O-])c2)C1=O)Nc1ccccc1Cl. The van der Waals surface area contributed by atoms with Gasteiger partial charge in [0, 0.05) is 22.2 Å². The predicted octanol–water partition coefficient (Wildman–Crippen LogP) is 6.26. The molecule has 1 heterocycles. The number of halogens is 2. The molecule has 1 aliphatic heterocycles. The van der Waals surface area contributed by atoms with Crippen molar-refractivity contribution in [3.63, 3.8) is 0 Å². The Balaban J connectivity index is 1.49. The van der Waals surface area contributed by atoms with Gasteiger partial charge in [-0.1, -0.05) is 51.8 Å². The van der Waals surface area contributed by atoms with Crippen LogP contribution >= 0.6 is 39.3 Å². The van der Waals surface area contributed by atoms with E-state index in [0.29, 0.717) is 43.8 Å². The quantitative estimate of drug-likeness (QED) is 0.183. The van der Waals surface area contributed by atoms with Gasteiger partial charge in [0.2, 0.25) is 5.91 Å². The summed E-state index contributed by atoms with van der Waals surface area (Å²) in [5.74, 6) is -0.785. The van der Waals surface area contributed by atoms with E-state index in [1.807, 2.05) is 0 Å². The molecule has 0 bridgehead atoms. The molecule has 3 amide bonds. The van der Waals surface area contributed by atoms with Crippen molar-refractivity contribution < 1.29 is 24.0 Å². The number of anilines is 1. The number of ether oxygens (including phenoxy) is 1. The number of hydrogen-bond donors (Lipinski definition) is 1. The molecule has 3 aromatic rings. The molecule has 0 aliphatic carbocycles. The molecule has 9 nitrogen and oxygen atoms in total. The molecule has 0 saturated carbocycles. The molecule has 0 aromatic heterocycles. The first kappa shape index (κ1) is 26.4. The summed E-state index contributed by atoms with van der Waals surface area (Å²) in [5, 5.41) is 13.4. The van der Waals surface area contributed by atoms with Gasteiger partial charge in [-0.3, -0.25) is 29.4 Å². The molecule has 0 atom stereocenters. The second-order valence-corrected chi connectivity index (χ2v) is 10.0. The first-order valence-electron chi connectivity index (χ1n) is 10.7. The van der Waals surface area contributed by atoms with Crippen molar-refractivity contribution in [2.75, 3.05) is 11.9 Å². The summed E-state index contributed by atoms with van der Waals surface area (Å²) in [6.07, 6.45) is 1.50. The maximum Gasteiger partial charge on any atom is 0.294 e. The number of carbonyl (C=O) groups excluding carboxylic acids is 3. The van der Waals surface area contributed by atoms with E-state index in [0.717, 1.165) is 4.90 Å². The van der Waals surface area contributed by atoms with Crippen LogP contribution in [0.4, 0.5) is 16.2 Å². The van der Waals surface area contributed by atoms with Crippen LogP contribution in [0.3, 0.4) is 0 Å². The third-order valence-corrected chi connectivity index (χ3v) is 6.83. The third-order valence-electron chi connectivity index (χ3n) is 5.10. The van der Waals surface area contributed by atoms with Gasteiger partial charge in [-0.15, -0.1) is 0 Å². The molecule has 4 rings (SSSR count). The molecular formula is C25H17BrClN3O6S. The standard InChI is InChI=1S/C25H17BrClN3O6S/c26-17-8-9-21(36-14-15-4-3-5-18(10-15)30(34)35)16(11-17)12-22-24(32)29(25(33)37-22)13-23(31)28-20-7-2-1-6-19(20)27/h1-12H,13-14H2,(H,28,31)/b22-12+. The summed E-state index contributed by atoms with van der Waals surface area (Å²) >= 11 is 10.1. The number of benzene rings is 3. The van der Waals surface area contributed by atoms with E-state index in [4.69, 9.17) is 16.3 Å². The molecule has 1 aliphatic rings. The average Bonchev–Trinajstić information content (AvgIpc) is 3.12. The van der Waals surface area contributed by atoms with Crippen molar-refractivity contribution in [3.8, 4) is 5.75 Å². The van der Waals surface area contributed by atoms with Gasteiger partial charge in [0.25, 0.3) is 16.8 Å². The molecule has 1 saturated heterocycles. The van der Waals surface area contributed by atoms with E-state index in [1.165, 1.54) is 18.2 Å². The van der Waals surface area contributed by atoms with E-state index in [1.54, 1.807) is 54.6 Å². The van der Waals surface area contributed by atoms with Crippen LogP contribution in [0.2, 0.25) is 5.02 Å². The zero-order valence-corrected chi connectivity index (χ0v) is 22.0. The minimum Gasteiger partial charge on any atom is -0.488 e. The van der Waals surface area contributed by atoms with Crippen LogP contribution in [0.1, 0.15) is 11.1 Å². The van der Waals surface area contributed by atoms with Gasteiger partial charge in [0.15, 0.2) is 0 Å². The topological polar surface area (TPSA) is 119 Å². The highest BCUT2D eigenvalue weighted by Gasteiger charge is 2.36. The molecule has 0 radical (unpaired) electrons. The zero-order chi connectivity index (χ0) is 26.5. The number of nitro groups is 1. The van der Waals surface area contributed by atoms with Crippen molar-refractivity contribution in [2.45, 2.75) is 6.61 Å². The van der Waals surface area contributed by atoms with Gasteiger partial charge < -0.3 is 10.1 Å². The second kappa shape index (κ2) is 11.6. The van der Waals surface area contributed by atoms with E-state index < -0.39 is 28.5 Å². The Labute approximate surface area is 228 Å². The van der Waals surface area contributed by atoms with Crippen LogP contribution in [0.25, 0.3) is 6.08 Å². The number of nitrogens with zero attached hydrogens (tertiary/aromatic N) is 2. The van der Waals surface area contributed by atoms with Crippen molar-refractivity contribution in [1.82, 2.24) is 4.90 Å². The zero-order valence-electron chi connectivity index (χ0n) is 18.9. The van der Waals surface area contributed by atoms with Gasteiger partial charge in [-0.05, 0) is 53.7 Å². The summed E-state index contributed by atoms with van der Waals surface area (Å²) in [6, 6.07) is 17.8. The number of carbonyl (C=O) groups is 3. The number of imide groups is 1. The summed E-state index contributed by atoms with van der Waals surface area (Å²) in [4.78, 5) is 49.4. The summed E-state index contributed by atoms with van der Waals surface area (Å²) in [5.41, 5.74) is 1.42. The lowest BCUT2D eigenvalue weighted by Gasteiger charge is -2.13. The summed E-state index contributed by atoms with van der Waals surface area (Å²) in [6.45, 7) is -0.421. The lowest BCUT2D eigenvalue weighted by Crippen LogP contribution is -2.36. The van der Waals surface area contributed by atoms with Gasteiger partial charge in [0.1, 0.15) is 18.9 Å². The van der Waals surface area contributed by atoms with Crippen molar-refractivity contribution in [1.29, 1.82) is 0 Å². The van der Waals surface area contributed by atoms with E-state index in [9.17, 15) is 24.5 Å². The monoisotopic (exact) mass is 601 g/mol. The lowest BCUT2D eigenvalue weighted by atomic mass is 10.1. The number of nitrogens with one attached hydrogen (secondary N) is 1. The number of thioether (sulfide) groups is 1. The Morgan fingerprint density at radius 2 is 1.92 bits per heavy atom. The highest BCUT2D eigenvalue weighted by Crippen LogP contribution is 2.35. The van der Waals surface area contributed by atoms with Crippen molar-refractivity contribution >= 4 is 73.8 Å². The van der Waals surface area contributed by atoms with Gasteiger partial charge in [0.05, 0.1) is 20.5 Å². The summed E-state index contributed by atoms with van der Waals surface area (Å²) < 4.78 is 6.58. The maximum absolute atomic E-state index is 12.9. The minimum absolute atomic E-state index is 0.0495. The van der Waals surface area contributed by atoms with Crippen LogP contribution in [-0.4, -0.2) is 33.4 Å². The first-order chi connectivity index (χ1) is 17.7. The number of amides is 3. The predicted molar refractivity (Wildman–Crippen MR) is 144 cm³/mol. The maximum atomic E-state index is 12.9. The number of nitro benzene ring substituents is 1. The van der Waals surface area contributed by atoms with Crippen LogP contribution < -0.4 is 10.1 Å². The van der Waals surface area contributed by atoms with Gasteiger partial charge >= 0.3 is 0 Å². The fraction of sp³-hybridized carbons (Fsp3) is 0.0800. The Kier molecular flexibility index (Phi) is 8.27. The number of rotatable bonds is 8.